The summed E-state index contributed by atoms with van der Waals surface area (Å²) in [5.74, 6) is 1.23. The molecule has 180 valence electrons. The summed E-state index contributed by atoms with van der Waals surface area (Å²) >= 11 is 1.19. The molecule has 7 nitrogen and oxygen atoms in total. The van der Waals surface area contributed by atoms with E-state index in [1.807, 2.05) is 32.9 Å². The highest BCUT2D eigenvalue weighted by molar-refractivity contribution is 8.18. The number of aliphatic imine (C=N–C) groups is 1. The van der Waals surface area contributed by atoms with Gasteiger partial charge in [-0.3, -0.25) is 0 Å². The summed E-state index contributed by atoms with van der Waals surface area (Å²) in [7, 11) is 0. The third-order valence-corrected chi connectivity index (χ3v) is 5.65. The molecule has 0 saturated heterocycles. The summed E-state index contributed by atoms with van der Waals surface area (Å²) in [6.45, 7) is 9.20. The number of esters is 1. The van der Waals surface area contributed by atoms with E-state index < -0.39 is 5.97 Å². The van der Waals surface area contributed by atoms with E-state index in [0.717, 1.165) is 11.3 Å². The molecule has 0 unspecified atom stereocenters. The van der Waals surface area contributed by atoms with Gasteiger partial charge in [-0.2, -0.15) is 0 Å². The number of aliphatic hydroxyl groups excluding tert-OH is 1. The van der Waals surface area contributed by atoms with Gasteiger partial charge in [-0.1, -0.05) is 11.8 Å². The number of aliphatic hydroxyl groups is 1. The molecule has 8 heteroatoms. The highest BCUT2D eigenvalue weighted by Crippen LogP contribution is 2.41. The number of rotatable bonds is 10. The maximum absolute atomic E-state index is 12.7. The fourth-order valence-electron chi connectivity index (χ4n) is 3.20. The van der Waals surface area contributed by atoms with Gasteiger partial charge in [0, 0.05) is 11.6 Å². The van der Waals surface area contributed by atoms with Gasteiger partial charge in [0.2, 0.25) is 0 Å². The van der Waals surface area contributed by atoms with Gasteiger partial charge in [0.25, 0.3) is 0 Å². The van der Waals surface area contributed by atoms with Crippen LogP contribution in [0, 0.1) is 0 Å². The number of hydrogen-bond acceptors (Lipinski definition) is 8. The Balaban J connectivity index is 2.01. The first kappa shape index (κ1) is 25.2. The van der Waals surface area contributed by atoms with Crippen LogP contribution < -0.4 is 14.2 Å². The van der Waals surface area contributed by atoms with E-state index in [4.69, 9.17) is 18.9 Å². The molecule has 0 aliphatic carbocycles. The molecule has 3 rings (SSSR count). The highest BCUT2D eigenvalue weighted by Gasteiger charge is 2.33. The van der Waals surface area contributed by atoms with Crippen molar-refractivity contribution >= 4 is 34.5 Å². The maximum Gasteiger partial charge on any atom is 0.344 e. The highest BCUT2D eigenvalue weighted by atomic mass is 32.2. The first-order valence-electron chi connectivity index (χ1n) is 11.2. The van der Waals surface area contributed by atoms with Crippen molar-refractivity contribution in [3.8, 4) is 17.2 Å². The number of hydrogen-bond donors (Lipinski definition) is 1. The summed E-state index contributed by atoms with van der Waals surface area (Å²) in [6, 6.07) is 12.7. The van der Waals surface area contributed by atoms with Gasteiger partial charge in [-0.25, -0.2) is 9.79 Å². The van der Waals surface area contributed by atoms with Gasteiger partial charge >= 0.3 is 5.97 Å². The van der Waals surface area contributed by atoms with E-state index in [9.17, 15) is 9.90 Å². The molecule has 0 atom stereocenters. The van der Waals surface area contributed by atoms with Crippen molar-refractivity contribution in [2.45, 2.75) is 27.7 Å². The third-order valence-electron chi connectivity index (χ3n) is 4.63. The first-order valence-corrected chi connectivity index (χ1v) is 12.0. The number of ether oxygens (including phenoxy) is 4. The fourth-order valence-corrected chi connectivity index (χ4v) is 4.23. The van der Waals surface area contributed by atoms with Gasteiger partial charge in [0.15, 0.2) is 0 Å². The second kappa shape index (κ2) is 12.2. The normalized spacial score (nSPS) is 15.6. The number of carbonyl (C=O) groups excluding carboxylic acids is 1. The number of carbonyl (C=O) groups is 1. The van der Waals surface area contributed by atoms with Gasteiger partial charge in [0.1, 0.15) is 33.6 Å². The molecule has 0 amide bonds. The zero-order chi connectivity index (χ0) is 24.5. The lowest BCUT2D eigenvalue weighted by Gasteiger charge is -2.11. The molecule has 1 aliphatic heterocycles. The summed E-state index contributed by atoms with van der Waals surface area (Å²) < 4.78 is 22.0. The average Bonchev–Trinajstić information content (AvgIpc) is 3.12. The minimum Gasteiger partial charge on any atom is -0.506 e. The fraction of sp³-hybridized carbons (Fsp3) is 0.308. The summed E-state index contributed by atoms with van der Waals surface area (Å²) in [5, 5.41) is 11.3. The predicted octanol–water partition coefficient (Wildman–Crippen LogP) is 6.08. The molecular formula is C26H29NO6S. The summed E-state index contributed by atoms with van der Waals surface area (Å²) in [6.07, 6.45) is 1.76. The van der Waals surface area contributed by atoms with E-state index in [1.54, 1.807) is 43.3 Å². The van der Waals surface area contributed by atoms with E-state index >= 15 is 0 Å². The second-order valence-electron chi connectivity index (χ2n) is 6.96. The number of thioether (sulfide) groups is 1. The van der Waals surface area contributed by atoms with Crippen molar-refractivity contribution in [2.24, 2.45) is 4.99 Å². The smallest absolute Gasteiger partial charge is 0.344 e. The summed E-state index contributed by atoms with van der Waals surface area (Å²) in [4.78, 5) is 17.7. The van der Waals surface area contributed by atoms with Gasteiger partial charge in [0.05, 0.1) is 37.0 Å². The van der Waals surface area contributed by atoms with Crippen molar-refractivity contribution in [2.75, 3.05) is 26.4 Å². The molecule has 0 bridgehead atoms. The standard InChI is InChI=1S/C26H29NO6S/c1-5-30-19-13-10-18(11-14-19)27-25-23(26(29)33-8-4)24(28)22(34-25)15-17-9-12-20(31-6-2)16-21(17)32-7-3/h9-16,28H,5-8H2,1-4H3/b22-15+,27-25?. The lowest BCUT2D eigenvalue weighted by molar-refractivity contribution is -0.138. The zero-order valence-electron chi connectivity index (χ0n) is 19.8. The van der Waals surface area contributed by atoms with Crippen LogP contribution in [-0.4, -0.2) is 42.5 Å². The van der Waals surface area contributed by atoms with Crippen LogP contribution in [0.25, 0.3) is 6.08 Å². The molecule has 0 fully saturated rings. The lowest BCUT2D eigenvalue weighted by Crippen LogP contribution is -2.12. The van der Waals surface area contributed by atoms with Crippen molar-refractivity contribution in [3.05, 3.63) is 64.3 Å². The lowest BCUT2D eigenvalue weighted by atomic mass is 10.1. The van der Waals surface area contributed by atoms with E-state index in [-0.39, 0.29) is 17.9 Å². The van der Waals surface area contributed by atoms with Crippen LogP contribution in [0.2, 0.25) is 0 Å². The van der Waals surface area contributed by atoms with E-state index in [0.29, 0.717) is 47.0 Å². The predicted molar refractivity (Wildman–Crippen MR) is 135 cm³/mol. The minimum absolute atomic E-state index is 0.0379. The zero-order valence-corrected chi connectivity index (χ0v) is 20.6. The molecule has 0 spiro atoms. The van der Waals surface area contributed by atoms with Crippen LogP contribution in [0.15, 0.2) is 63.7 Å². The molecule has 2 aromatic rings. The van der Waals surface area contributed by atoms with E-state index in [1.165, 1.54) is 11.8 Å². The van der Waals surface area contributed by atoms with E-state index in [2.05, 4.69) is 4.99 Å². The Hall–Kier alpha value is -3.39. The average molecular weight is 484 g/mol. The van der Waals surface area contributed by atoms with Crippen LogP contribution in [0.4, 0.5) is 5.69 Å². The Morgan fingerprint density at radius 1 is 0.912 bits per heavy atom. The number of nitrogens with zero attached hydrogens (tertiary/aromatic N) is 1. The van der Waals surface area contributed by atoms with Crippen molar-refractivity contribution < 1.29 is 28.8 Å². The Labute approximate surface area is 204 Å². The number of benzene rings is 2. The largest absolute Gasteiger partial charge is 0.506 e. The molecule has 0 saturated carbocycles. The van der Waals surface area contributed by atoms with Crippen LogP contribution in [0.3, 0.4) is 0 Å². The Morgan fingerprint density at radius 2 is 1.56 bits per heavy atom. The molecule has 1 heterocycles. The molecule has 2 aromatic carbocycles. The quantitative estimate of drug-likeness (QED) is 0.410. The van der Waals surface area contributed by atoms with Gasteiger partial charge < -0.3 is 24.1 Å². The molecule has 0 aromatic heterocycles. The van der Waals surface area contributed by atoms with Crippen LogP contribution in [0.1, 0.15) is 33.3 Å². The monoisotopic (exact) mass is 483 g/mol. The second-order valence-corrected chi connectivity index (χ2v) is 7.99. The topological polar surface area (TPSA) is 86.6 Å². The Morgan fingerprint density at radius 3 is 2.21 bits per heavy atom. The summed E-state index contributed by atoms with van der Waals surface area (Å²) in [5.41, 5.74) is 1.40. The van der Waals surface area contributed by atoms with Gasteiger partial charge in [-0.15, -0.1) is 0 Å². The Kier molecular flexibility index (Phi) is 9.04. The van der Waals surface area contributed by atoms with Crippen molar-refractivity contribution in [3.63, 3.8) is 0 Å². The van der Waals surface area contributed by atoms with Crippen molar-refractivity contribution in [1.82, 2.24) is 0 Å². The minimum atomic E-state index is -0.627. The van der Waals surface area contributed by atoms with Crippen molar-refractivity contribution in [1.29, 1.82) is 0 Å². The SMILES string of the molecule is CCOC(=O)C1=C(O)/C(=C\c2ccc(OCC)cc2OCC)SC1=Nc1ccc(OCC)cc1. The molecule has 0 radical (unpaired) electrons. The third kappa shape index (κ3) is 6.14. The van der Waals surface area contributed by atoms with Crippen LogP contribution in [-0.2, 0) is 9.53 Å². The molecular weight excluding hydrogens is 454 g/mol. The molecule has 1 aliphatic rings. The maximum atomic E-state index is 12.7. The van der Waals surface area contributed by atoms with Crippen LogP contribution >= 0.6 is 11.8 Å². The first-order chi connectivity index (χ1) is 16.5. The van der Waals surface area contributed by atoms with Crippen LogP contribution in [0.5, 0.6) is 17.2 Å². The van der Waals surface area contributed by atoms with Gasteiger partial charge in [-0.05, 0) is 70.2 Å². The molecule has 34 heavy (non-hydrogen) atoms. The molecule has 1 N–H and O–H groups in total. The Bertz CT molecular complexity index is 1100.